The van der Waals surface area contributed by atoms with Gasteiger partial charge in [0.2, 0.25) is 7.28 Å². The summed E-state index contributed by atoms with van der Waals surface area (Å²) in [5.74, 6) is 0. The standard InChI is InChI=1S/C34H35BN2Si/c1-33(2,3)38-34(29-20-12-6-13-21-29,30-22-14-7-15-23-30)37-25-24-36-32(37)35-31(28-18-10-5-11-19-28)26-27-16-8-4-9-17-27/h4-26,35H,38H2,1-3H3. The molecule has 188 valence electrons. The average Bonchev–Trinajstić information content (AvgIpc) is 3.41. The molecular formula is C34H35BN2Si. The number of hydrogen-bond donors (Lipinski definition) is 0. The number of rotatable bonds is 8. The lowest BCUT2D eigenvalue weighted by atomic mass is 9.65. The van der Waals surface area contributed by atoms with Crippen molar-refractivity contribution in [3.8, 4) is 0 Å². The number of hydrogen-bond acceptors (Lipinski definition) is 1. The van der Waals surface area contributed by atoms with E-state index in [1.807, 2.05) is 6.20 Å². The van der Waals surface area contributed by atoms with Crippen molar-refractivity contribution >= 4 is 34.1 Å². The Morgan fingerprint density at radius 1 is 0.711 bits per heavy atom. The molecule has 5 aromatic rings. The van der Waals surface area contributed by atoms with Crippen LogP contribution < -0.4 is 5.72 Å². The van der Waals surface area contributed by atoms with Crippen LogP contribution in [0.3, 0.4) is 0 Å². The van der Waals surface area contributed by atoms with Crippen molar-refractivity contribution < 1.29 is 0 Å². The van der Waals surface area contributed by atoms with Gasteiger partial charge in [-0.1, -0.05) is 154 Å². The van der Waals surface area contributed by atoms with Crippen LogP contribution in [0.2, 0.25) is 5.04 Å². The molecule has 2 nitrogen and oxygen atoms in total. The molecule has 0 radical (unpaired) electrons. The summed E-state index contributed by atoms with van der Waals surface area (Å²) in [5, 5.41) is -0.0590. The van der Waals surface area contributed by atoms with Gasteiger partial charge in [-0.05, 0) is 27.3 Å². The van der Waals surface area contributed by atoms with Crippen LogP contribution in [0, 0.1) is 0 Å². The van der Waals surface area contributed by atoms with Crippen LogP contribution in [0.1, 0.15) is 43.0 Å². The number of benzene rings is 4. The van der Waals surface area contributed by atoms with E-state index < -0.39 is 9.52 Å². The molecule has 1 aromatic heterocycles. The molecule has 0 aliphatic rings. The zero-order valence-corrected chi connectivity index (χ0v) is 24.0. The second-order valence-corrected chi connectivity index (χ2v) is 14.7. The Kier molecular flexibility index (Phi) is 7.62. The first-order chi connectivity index (χ1) is 18.5. The predicted octanol–water partition coefficient (Wildman–Crippen LogP) is 6.28. The third kappa shape index (κ3) is 5.66. The molecule has 4 heteroatoms. The van der Waals surface area contributed by atoms with Crippen LogP contribution in [-0.2, 0) is 5.16 Å². The highest BCUT2D eigenvalue weighted by atomic mass is 28.2. The van der Waals surface area contributed by atoms with Gasteiger partial charge in [-0.2, -0.15) is 0 Å². The van der Waals surface area contributed by atoms with Crippen LogP contribution in [0.25, 0.3) is 11.5 Å². The minimum atomic E-state index is -0.780. The van der Waals surface area contributed by atoms with Gasteiger partial charge < -0.3 is 4.57 Å². The van der Waals surface area contributed by atoms with E-state index in [4.69, 9.17) is 4.98 Å². The Balaban J connectivity index is 1.71. The third-order valence-electron chi connectivity index (χ3n) is 7.05. The monoisotopic (exact) mass is 510 g/mol. The number of nitrogens with zero attached hydrogens (tertiary/aromatic N) is 2. The largest absolute Gasteiger partial charge is 0.332 e. The molecule has 0 saturated carbocycles. The van der Waals surface area contributed by atoms with E-state index >= 15 is 0 Å². The SMILES string of the molecule is CC(C)(C)[SiH2]C(c1ccccc1)(c1ccccc1)n1ccnc1BC(=Cc1ccccc1)c1ccccc1. The van der Waals surface area contributed by atoms with E-state index in [0.29, 0.717) is 0 Å². The molecule has 0 spiro atoms. The molecule has 1 heterocycles. The molecule has 4 aromatic carbocycles. The van der Waals surface area contributed by atoms with Crippen molar-refractivity contribution in [2.24, 2.45) is 0 Å². The Bertz CT molecular complexity index is 1430. The zero-order valence-electron chi connectivity index (χ0n) is 22.6. The summed E-state index contributed by atoms with van der Waals surface area (Å²) in [4.78, 5) is 5.01. The summed E-state index contributed by atoms with van der Waals surface area (Å²) in [6.07, 6.45) is 6.50. The maximum Gasteiger partial charge on any atom is 0.239 e. The fourth-order valence-electron chi connectivity index (χ4n) is 5.55. The average molecular weight is 511 g/mol. The summed E-state index contributed by atoms with van der Waals surface area (Å²) in [6, 6.07) is 43.4. The summed E-state index contributed by atoms with van der Waals surface area (Å²) in [7, 11) is -0.0384. The minimum absolute atomic E-state index is 0.204. The molecule has 0 amide bonds. The molecule has 0 bridgehead atoms. The molecule has 0 aliphatic carbocycles. The van der Waals surface area contributed by atoms with Gasteiger partial charge in [-0.25, -0.2) is 0 Å². The van der Waals surface area contributed by atoms with Gasteiger partial charge in [0, 0.05) is 12.4 Å². The van der Waals surface area contributed by atoms with Crippen molar-refractivity contribution in [3.05, 3.63) is 156 Å². The maximum absolute atomic E-state index is 5.01. The van der Waals surface area contributed by atoms with Crippen molar-refractivity contribution in [2.75, 3.05) is 0 Å². The van der Waals surface area contributed by atoms with E-state index in [2.05, 4.69) is 159 Å². The van der Waals surface area contributed by atoms with E-state index in [1.165, 1.54) is 27.7 Å². The van der Waals surface area contributed by atoms with E-state index in [9.17, 15) is 0 Å². The van der Waals surface area contributed by atoms with Crippen molar-refractivity contribution in [1.29, 1.82) is 0 Å². The second kappa shape index (κ2) is 11.2. The second-order valence-electron chi connectivity index (χ2n) is 11.2. The van der Waals surface area contributed by atoms with Crippen LogP contribution in [0.15, 0.2) is 134 Å². The Morgan fingerprint density at radius 2 is 1.21 bits per heavy atom. The summed E-state index contributed by atoms with van der Waals surface area (Å²) < 4.78 is 2.50. The molecule has 0 fully saturated rings. The smallest absolute Gasteiger partial charge is 0.239 e. The first-order valence-corrected chi connectivity index (χ1v) is 14.8. The Hall–Kier alpha value is -3.89. The molecule has 0 N–H and O–H groups in total. The summed E-state index contributed by atoms with van der Waals surface area (Å²) in [6.45, 7) is 7.17. The molecule has 5 rings (SSSR count). The lowest BCUT2D eigenvalue weighted by Gasteiger charge is -2.42. The predicted molar refractivity (Wildman–Crippen MR) is 167 cm³/mol. The van der Waals surface area contributed by atoms with E-state index in [1.54, 1.807) is 0 Å². The van der Waals surface area contributed by atoms with Gasteiger partial charge in [-0.3, -0.25) is 4.98 Å². The van der Waals surface area contributed by atoms with E-state index in [0.717, 1.165) is 13.0 Å². The van der Waals surface area contributed by atoms with Crippen LogP contribution in [0.5, 0.6) is 0 Å². The summed E-state index contributed by atoms with van der Waals surface area (Å²) >= 11 is 0. The van der Waals surface area contributed by atoms with Gasteiger partial charge in [0.15, 0.2) is 0 Å². The van der Waals surface area contributed by atoms with Crippen LogP contribution >= 0.6 is 0 Å². The normalized spacial score (nSPS) is 12.7. The van der Waals surface area contributed by atoms with Gasteiger partial charge in [0.25, 0.3) is 0 Å². The Morgan fingerprint density at radius 3 is 1.74 bits per heavy atom. The first-order valence-electron chi connectivity index (χ1n) is 13.4. The van der Waals surface area contributed by atoms with Gasteiger partial charge in [0.1, 0.15) is 0 Å². The lowest BCUT2D eigenvalue weighted by molar-refractivity contribution is 0.576. The van der Waals surface area contributed by atoms with Crippen molar-refractivity contribution in [1.82, 2.24) is 9.55 Å². The Labute approximate surface area is 230 Å². The molecule has 0 unspecified atom stereocenters. The molecule has 38 heavy (non-hydrogen) atoms. The van der Waals surface area contributed by atoms with Crippen LogP contribution in [-0.4, -0.2) is 26.4 Å². The highest BCUT2D eigenvalue weighted by Crippen LogP contribution is 2.39. The molecular weight excluding hydrogens is 475 g/mol. The number of aromatic nitrogens is 2. The van der Waals surface area contributed by atoms with Gasteiger partial charge >= 0.3 is 0 Å². The maximum atomic E-state index is 5.01. The topological polar surface area (TPSA) is 17.8 Å². The van der Waals surface area contributed by atoms with Gasteiger partial charge in [0.05, 0.1) is 20.4 Å². The minimum Gasteiger partial charge on any atom is -0.332 e. The van der Waals surface area contributed by atoms with Crippen LogP contribution in [0.4, 0.5) is 0 Å². The summed E-state index contributed by atoms with van der Waals surface area (Å²) in [5.41, 5.74) is 7.44. The zero-order chi connectivity index (χ0) is 26.4. The van der Waals surface area contributed by atoms with Gasteiger partial charge in [-0.15, -0.1) is 0 Å². The number of imidazole rings is 1. The quantitative estimate of drug-likeness (QED) is 0.178. The highest BCUT2D eigenvalue weighted by Gasteiger charge is 2.41. The van der Waals surface area contributed by atoms with Crippen molar-refractivity contribution in [3.63, 3.8) is 0 Å². The first kappa shape index (κ1) is 25.7. The molecule has 0 atom stereocenters. The third-order valence-corrected chi connectivity index (χ3v) is 9.78. The highest BCUT2D eigenvalue weighted by molar-refractivity contribution is 6.73. The molecule has 0 aliphatic heterocycles. The fourth-order valence-corrected chi connectivity index (χ4v) is 8.42. The fraction of sp³-hybridized carbons (Fsp3) is 0.147. The lowest BCUT2D eigenvalue weighted by Crippen LogP contribution is -2.50. The van der Waals surface area contributed by atoms with Crippen molar-refractivity contribution in [2.45, 2.75) is 31.0 Å². The van der Waals surface area contributed by atoms with E-state index in [-0.39, 0.29) is 10.2 Å². The molecule has 0 saturated heterocycles.